The number of carbonyl (C=O) groups is 1. The van der Waals surface area contributed by atoms with Gasteiger partial charge in [0.05, 0.1) is 10.6 Å². The van der Waals surface area contributed by atoms with E-state index in [1.807, 2.05) is 20.8 Å². The van der Waals surface area contributed by atoms with E-state index in [9.17, 15) is 4.79 Å². The number of aromatic carboxylic acids is 1. The molecule has 0 aliphatic heterocycles. The van der Waals surface area contributed by atoms with Gasteiger partial charge in [0, 0.05) is 17.7 Å². The second-order valence-corrected chi connectivity index (χ2v) is 5.32. The Hall–Kier alpha value is -2.14. The summed E-state index contributed by atoms with van der Waals surface area (Å²) >= 11 is 5.82. The molecule has 0 aliphatic rings. The lowest BCUT2D eigenvalue weighted by molar-refractivity contribution is 0.0696. The quantitative estimate of drug-likeness (QED) is 0.922. The molecule has 2 rings (SSSR count). The van der Waals surface area contributed by atoms with E-state index < -0.39 is 5.97 Å². The van der Waals surface area contributed by atoms with Crippen LogP contribution in [-0.4, -0.2) is 21.0 Å². The molecule has 110 valence electrons. The zero-order valence-electron chi connectivity index (χ0n) is 11.9. The predicted molar refractivity (Wildman–Crippen MR) is 79.3 cm³/mol. The Morgan fingerprint density at radius 2 is 2.00 bits per heavy atom. The monoisotopic (exact) mass is 306 g/mol. The Morgan fingerprint density at radius 1 is 1.29 bits per heavy atom. The van der Waals surface area contributed by atoms with Crippen LogP contribution in [0.5, 0.6) is 11.6 Å². The molecule has 2 aromatic rings. The average Bonchev–Trinajstić information content (AvgIpc) is 2.40. The first kappa shape index (κ1) is 15.3. The van der Waals surface area contributed by atoms with Crippen molar-refractivity contribution in [1.29, 1.82) is 0 Å². The van der Waals surface area contributed by atoms with Gasteiger partial charge in [0.25, 0.3) is 0 Å². The molecule has 0 radical (unpaired) electrons. The van der Waals surface area contributed by atoms with Crippen molar-refractivity contribution in [2.24, 2.45) is 0 Å². The van der Waals surface area contributed by atoms with Crippen LogP contribution >= 0.6 is 11.6 Å². The summed E-state index contributed by atoms with van der Waals surface area (Å²) in [5.41, 5.74) is 0.778. The van der Waals surface area contributed by atoms with Gasteiger partial charge in [0.2, 0.25) is 5.88 Å². The molecule has 1 aromatic heterocycles. The Bertz CT molecular complexity index is 687. The molecule has 0 bridgehead atoms. The maximum Gasteiger partial charge on any atom is 0.337 e. The van der Waals surface area contributed by atoms with Crippen LogP contribution in [0.15, 0.2) is 24.3 Å². The van der Waals surface area contributed by atoms with Crippen molar-refractivity contribution in [2.75, 3.05) is 0 Å². The summed E-state index contributed by atoms with van der Waals surface area (Å²) < 4.78 is 5.62. The molecule has 1 heterocycles. The Kier molecular flexibility index (Phi) is 4.43. The molecule has 6 heteroatoms. The largest absolute Gasteiger partial charge is 0.478 e. The molecule has 0 spiro atoms. The number of aryl methyl sites for hydroxylation is 1. The van der Waals surface area contributed by atoms with Gasteiger partial charge in [-0.15, -0.1) is 0 Å². The van der Waals surface area contributed by atoms with Gasteiger partial charge in [-0.25, -0.2) is 9.78 Å². The third-order valence-electron chi connectivity index (χ3n) is 2.76. The van der Waals surface area contributed by atoms with Gasteiger partial charge in [0.15, 0.2) is 0 Å². The van der Waals surface area contributed by atoms with Crippen molar-refractivity contribution in [3.63, 3.8) is 0 Å². The maximum absolute atomic E-state index is 11.1. The van der Waals surface area contributed by atoms with Crippen molar-refractivity contribution in [3.05, 3.63) is 46.4 Å². The molecule has 0 saturated carbocycles. The highest BCUT2D eigenvalue weighted by Gasteiger charge is 2.12. The lowest BCUT2D eigenvalue weighted by Gasteiger charge is -2.10. The lowest BCUT2D eigenvalue weighted by atomic mass is 10.2. The number of carboxylic acid groups (broad SMARTS) is 1. The summed E-state index contributed by atoms with van der Waals surface area (Å²) in [6, 6.07) is 6.15. The van der Waals surface area contributed by atoms with Gasteiger partial charge in [0.1, 0.15) is 11.6 Å². The van der Waals surface area contributed by atoms with E-state index in [2.05, 4.69) is 9.97 Å². The first-order chi connectivity index (χ1) is 9.86. The Balaban J connectivity index is 2.34. The van der Waals surface area contributed by atoms with Gasteiger partial charge < -0.3 is 9.84 Å². The van der Waals surface area contributed by atoms with E-state index in [0.717, 1.165) is 5.69 Å². The standard InChI is InChI=1S/C15H15ClN2O3/c1-8(2)14-17-9(3)6-13(18-14)21-10-4-5-12(16)11(7-10)15(19)20/h4-8H,1-3H3,(H,19,20). The highest BCUT2D eigenvalue weighted by molar-refractivity contribution is 6.33. The van der Waals surface area contributed by atoms with E-state index in [0.29, 0.717) is 17.5 Å². The molecule has 0 unspecified atom stereocenters. The fourth-order valence-corrected chi connectivity index (χ4v) is 1.92. The normalized spacial score (nSPS) is 10.7. The minimum Gasteiger partial charge on any atom is -0.478 e. The highest BCUT2D eigenvalue weighted by atomic mass is 35.5. The second kappa shape index (κ2) is 6.10. The lowest BCUT2D eigenvalue weighted by Crippen LogP contribution is -2.02. The van der Waals surface area contributed by atoms with Crippen LogP contribution in [0.1, 0.15) is 41.6 Å². The smallest absolute Gasteiger partial charge is 0.337 e. The predicted octanol–water partition coefficient (Wildman–Crippen LogP) is 4.05. The molecule has 21 heavy (non-hydrogen) atoms. The van der Waals surface area contributed by atoms with Crippen molar-refractivity contribution >= 4 is 17.6 Å². The van der Waals surface area contributed by atoms with E-state index in [1.165, 1.54) is 12.1 Å². The number of rotatable bonds is 4. The molecule has 0 amide bonds. The molecule has 0 fully saturated rings. The fraction of sp³-hybridized carbons (Fsp3) is 0.267. The molecule has 0 atom stereocenters. The van der Waals surface area contributed by atoms with Gasteiger partial charge in [-0.1, -0.05) is 25.4 Å². The number of ether oxygens (including phenoxy) is 1. The van der Waals surface area contributed by atoms with Crippen LogP contribution in [0.25, 0.3) is 0 Å². The van der Waals surface area contributed by atoms with Crippen molar-refractivity contribution in [3.8, 4) is 11.6 Å². The Labute approximate surface area is 127 Å². The van der Waals surface area contributed by atoms with Crippen LogP contribution < -0.4 is 4.74 Å². The zero-order chi connectivity index (χ0) is 15.6. The zero-order valence-corrected chi connectivity index (χ0v) is 12.7. The summed E-state index contributed by atoms with van der Waals surface area (Å²) in [7, 11) is 0. The highest BCUT2D eigenvalue weighted by Crippen LogP contribution is 2.26. The van der Waals surface area contributed by atoms with Gasteiger partial charge in [-0.05, 0) is 25.1 Å². The van der Waals surface area contributed by atoms with Crippen molar-refractivity contribution < 1.29 is 14.6 Å². The molecule has 1 N–H and O–H groups in total. The van der Waals surface area contributed by atoms with Gasteiger partial charge >= 0.3 is 5.97 Å². The second-order valence-electron chi connectivity index (χ2n) is 4.91. The molecule has 0 aliphatic carbocycles. The van der Waals surface area contributed by atoms with Crippen LogP contribution in [0.3, 0.4) is 0 Å². The first-order valence-electron chi connectivity index (χ1n) is 6.43. The minimum absolute atomic E-state index is 0.0102. The number of aromatic nitrogens is 2. The Morgan fingerprint density at radius 3 is 2.62 bits per heavy atom. The van der Waals surface area contributed by atoms with Crippen LogP contribution in [0.2, 0.25) is 5.02 Å². The summed E-state index contributed by atoms with van der Waals surface area (Å²) in [5.74, 6) is 0.492. The van der Waals surface area contributed by atoms with Crippen LogP contribution in [0, 0.1) is 6.92 Å². The maximum atomic E-state index is 11.1. The van der Waals surface area contributed by atoms with Crippen LogP contribution in [0.4, 0.5) is 0 Å². The molecular weight excluding hydrogens is 292 g/mol. The molecule has 0 saturated heterocycles. The van der Waals surface area contributed by atoms with E-state index >= 15 is 0 Å². The van der Waals surface area contributed by atoms with Crippen molar-refractivity contribution in [1.82, 2.24) is 9.97 Å². The van der Waals surface area contributed by atoms with Crippen LogP contribution in [-0.2, 0) is 0 Å². The van der Waals surface area contributed by atoms with E-state index in [4.69, 9.17) is 21.4 Å². The molecule has 1 aromatic carbocycles. The summed E-state index contributed by atoms with van der Waals surface area (Å²) in [6.45, 7) is 5.83. The SMILES string of the molecule is Cc1cc(Oc2ccc(Cl)c(C(=O)O)c2)nc(C(C)C)n1. The average molecular weight is 307 g/mol. The summed E-state index contributed by atoms with van der Waals surface area (Å²) in [5, 5.41) is 9.22. The fourth-order valence-electron chi connectivity index (χ4n) is 1.72. The number of hydrogen-bond acceptors (Lipinski definition) is 4. The van der Waals surface area contributed by atoms with Gasteiger partial charge in [-0.2, -0.15) is 4.98 Å². The molecular formula is C15H15ClN2O3. The summed E-state index contributed by atoms with van der Waals surface area (Å²) in [4.78, 5) is 19.7. The van der Waals surface area contributed by atoms with Gasteiger partial charge in [-0.3, -0.25) is 0 Å². The number of hydrogen-bond donors (Lipinski definition) is 1. The third kappa shape index (κ3) is 3.70. The summed E-state index contributed by atoms with van der Waals surface area (Å²) in [6.07, 6.45) is 0. The number of carboxylic acids is 1. The van der Waals surface area contributed by atoms with E-state index in [-0.39, 0.29) is 16.5 Å². The topological polar surface area (TPSA) is 72.3 Å². The van der Waals surface area contributed by atoms with E-state index in [1.54, 1.807) is 12.1 Å². The number of nitrogens with zero attached hydrogens (tertiary/aromatic N) is 2. The first-order valence-corrected chi connectivity index (χ1v) is 6.81. The minimum atomic E-state index is -1.10. The van der Waals surface area contributed by atoms with Crippen molar-refractivity contribution in [2.45, 2.75) is 26.7 Å². The third-order valence-corrected chi connectivity index (χ3v) is 3.08. The number of benzene rings is 1. The molecule has 5 nitrogen and oxygen atoms in total. The number of halogens is 1.